The molecule has 0 aromatic carbocycles. The number of aliphatic hydroxyl groups is 2. The summed E-state index contributed by atoms with van der Waals surface area (Å²) in [5, 5.41) is 17.1. The van der Waals surface area contributed by atoms with Gasteiger partial charge >= 0.3 is 0 Å². The Morgan fingerprint density at radius 3 is 2.75 bits per heavy atom. The van der Waals surface area contributed by atoms with Gasteiger partial charge in [-0.3, -0.25) is 0 Å². The fourth-order valence-electron chi connectivity index (χ4n) is 0.477. The number of rotatable bonds is 1. The zero-order valence-electron chi connectivity index (χ0n) is 4.19. The summed E-state index contributed by atoms with van der Waals surface area (Å²) in [5.41, 5.74) is 0. The van der Waals surface area contributed by atoms with E-state index in [2.05, 4.69) is 9.73 Å². The first-order valence-electron chi connectivity index (χ1n) is 2.30. The van der Waals surface area contributed by atoms with Crippen molar-refractivity contribution >= 4 is 6.40 Å². The molecule has 0 radical (unpaired) electrons. The third-order valence-electron chi connectivity index (χ3n) is 0.969. The van der Waals surface area contributed by atoms with Crippen molar-refractivity contribution in [3.63, 3.8) is 0 Å². The molecule has 8 heavy (non-hydrogen) atoms. The minimum Gasteiger partial charge on any atom is -0.453 e. The maximum atomic E-state index is 8.68. The van der Waals surface area contributed by atoms with Gasteiger partial charge in [0.15, 0.2) is 6.40 Å². The van der Waals surface area contributed by atoms with Crippen LogP contribution in [-0.4, -0.2) is 35.6 Å². The SMILES string of the molecule is OCC1N=COC1O. The van der Waals surface area contributed by atoms with Crippen LogP contribution in [0.4, 0.5) is 0 Å². The molecule has 0 aromatic heterocycles. The summed E-state index contributed by atoms with van der Waals surface area (Å²) in [4.78, 5) is 3.59. The molecule has 0 spiro atoms. The van der Waals surface area contributed by atoms with Crippen LogP contribution < -0.4 is 0 Å². The van der Waals surface area contributed by atoms with E-state index >= 15 is 0 Å². The molecule has 0 bridgehead atoms. The average molecular weight is 117 g/mol. The second-order valence-corrected chi connectivity index (χ2v) is 1.53. The van der Waals surface area contributed by atoms with Gasteiger partial charge < -0.3 is 14.9 Å². The lowest BCUT2D eigenvalue weighted by Gasteiger charge is -2.05. The molecular formula is C4H7NO3. The van der Waals surface area contributed by atoms with E-state index in [0.717, 1.165) is 6.40 Å². The molecule has 0 saturated heterocycles. The van der Waals surface area contributed by atoms with E-state index < -0.39 is 12.3 Å². The van der Waals surface area contributed by atoms with Gasteiger partial charge in [-0.15, -0.1) is 0 Å². The molecular weight excluding hydrogens is 110 g/mol. The van der Waals surface area contributed by atoms with Gasteiger partial charge in [-0.05, 0) is 0 Å². The van der Waals surface area contributed by atoms with E-state index in [1.807, 2.05) is 0 Å². The number of aliphatic hydroxyl groups excluding tert-OH is 2. The lowest BCUT2D eigenvalue weighted by atomic mass is 10.3. The van der Waals surface area contributed by atoms with Crippen molar-refractivity contribution in [3.05, 3.63) is 0 Å². The highest BCUT2D eigenvalue weighted by Gasteiger charge is 2.21. The van der Waals surface area contributed by atoms with Gasteiger partial charge in [0.05, 0.1) is 6.61 Å². The maximum Gasteiger partial charge on any atom is 0.223 e. The Morgan fingerprint density at radius 2 is 2.50 bits per heavy atom. The monoisotopic (exact) mass is 117 g/mol. The topological polar surface area (TPSA) is 62.1 Å². The quantitative estimate of drug-likeness (QED) is 0.450. The molecule has 0 fully saturated rings. The molecule has 2 N–H and O–H groups in total. The normalized spacial score (nSPS) is 35.2. The van der Waals surface area contributed by atoms with Crippen LogP contribution in [0.25, 0.3) is 0 Å². The van der Waals surface area contributed by atoms with Crippen molar-refractivity contribution in [2.75, 3.05) is 6.61 Å². The Morgan fingerprint density at radius 1 is 1.75 bits per heavy atom. The van der Waals surface area contributed by atoms with Crippen LogP contribution in [0.3, 0.4) is 0 Å². The smallest absolute Gasteiger partial charge is 0.223 e. The van der Waals surface area contributed by atoms with Crippen molar-refractivity contribution < 1.29 is 14.9 Å². The minimum atomic E-state index is -0.944. The van der Waals surface area contributed by atoms with Crippen LogP contribution in [0.5, 0.6) is 0 Å². The number of ether oxygens (including phenoxy) is 1. The van der Waals surface area contributed by atoms with Crippen LogP contribution >= 0.6 is 0 Å². The summed E-state index contributed by atoms with van der Waals surface area (Å²) in [5.74, 6) is 0. The Kier molecular flexibility index (Phi) is 1.45. The molecule has 0 amide bonds. The molecule has 1 aliphatic rings. The summed E-state index contributed by atoms with van der Waals surface area (Å²) >= 11 is 0. The molecule has 46 valence electrons. The standard InChI is InChI=1S/C4H7NO3/c6-1-3-4(7)8-2-5-3/h2-4,6-7H,1H2. The van der Waals surface area contributed by atoms with Crippen molar-refractivity contribution in [2.45, 2.75) is 12.3 Å². The van der Waals surface area contributed by atoms with Crippen LogP contribution in [-0.2, 0) is 4.74 Å². The predicted octanol–water partition coefficient (Wildman–Crippen LogP) is -1.28. The first-order chi connectivity index (χ1) is 3.84. The fraction of sp³-hybridized carbons (Fsp3) is 0.750. The Labute approximate surface area is 46.4 Å². The highest BCUT2D eigenvalue weighted by Crippen LogP contribution is 2.04. The molecule has 0 aromatic rings. The lowest BCUT2D eigenvalue weighted by Crippen LogP contribution is -2.24. The number of nitrogens with zero attached hydrogens (tertiary/aromatic N) is 1. The van der Waals surface area contributed by atoms with Gasteiger partial charge in [-0.1, -0.05) is 0 Å². The average Bonchev–Trinajstić information content (AvgIpc) is 2.14. The molecule has 4 heteroatoms. The van der Waals surface area contributed by atoms with Crippen LogP contribution in [0.15, 0.2) is 4.99 Å². The summed E-state index contributed by atoms with van der Waals surface area (Å²) in [6.07, 6.45) is 0.200. The summed E-state index contributed by atoms with van der Waals surface area (Å²) < 4.78 is 4.46. The maximum absolute atomic E-state index is 8.68. The molecule has 2 atom stereocenters. The van der Waals surface area contributed by atoms with E-state index in [1.54, 1.807) is 0 Å². The van der Waals surface area contributed by atoms with Crippen LogP contribution in [0, 0.1) is 0 Å². The first-order valence-corrected chi connectivity index (χ1v) is 2.30. The van der Waals surface area contributed by atoms with Crippen molar-refractivity contribution in [2.24, 2.45) is 4.99 Å². The van der Waals surface area contributed by atoms with E-state index in [4.69, 9.17) is 10.2 Å². The van der Waals surface area contributed by atoms with Crippen molar-refractivity contribution in [3.8, 4) is 0 Å². The zero-order chi connectivity index (χ0) is 5.98. The predicted molar refractivity (Wildman–Crippen MR) is 26.5 cm³/mol. The van der Waals surface area contributed by atoms with Gasteiger partial charge in [0.2, 0.25) is 6.29 Å². The molecule has 1 rings (SSSR count). The van der Waals surface area contributed by atoms with Gasteiger partial charge in [-0.2, -0.15) is 0 Å². The molecule has 0 saturated carbocycles. The second kappa shape index (κ2) is 2.11. The van der Waals surface area contributed by atoms with Crippen molar-refractivity contribution in [1.82, 2.24) is 0 Å². The minimum absolute atomic E-state index is 0.169. The van der Waals surface area contributed by atoms with Gasteiger partial charge in [0.1, 0.15) is 6.04 Å². The number of hydrogen-bond donors (Lipinski definition) is 2. The first kappa shape index (κ1) is 5.53. The van der Waals surface area contributed by atoms with E-state index in [-0.39, 0.29) is 6.61 Å². The molecule has 1 aliphatic heterocycles. The largest absolute Gasteiger partial charge is 0.453 e. The van der Waals surface area contributed by atoms with Gasteiger partial charge in [0, 0.05) is 0 Å². The van der Waals surface area contributed by atoms with Gasteiger partial charge in [-0.25, -0.2) is 4.99 Å². The summed E-state index contributed by atoms with van der Waals surface area (Å²) in [6.45, 7) is -0.169. The highest BCUT2D eigenvalue weighted by atomic mass is 16.6. The molecule has 0 aliphatic carbocycles. The van der Waals surface area contributed by atoms with E-state index in [1.165, 1.54) is 0 Å². The number of hydrogen-bond acceptors (Lipinski definition) is 4. The molecule has 1 heterocycles. The van der Waals surface area contributed by atoms with E-state index in [9.17, 15) is 0 Å². The Balaban J connectivity index is 2.41. The Hall–Kier alpha value is -0.610. The second-order valence-electron chi connectivity index (χ2n) is 1.53. The van der Waals surface area contributed by atoms with Crippen molar-refractivity contribution in [1.29, 1.82) is 0 Å². The third kappa shape index (κ3) is 0.801. The van der Waals surface area contributed by atoms with Gasteiger partial charge in [0.25, 0.3) is 0 Å². The highest BCUT2D eigenvalue weighted by molar-refractivity contribution is 5.49. The third-order valence-corrected chi connectivity index (χ3v) is 0.969. The molecule has 2 unspecified atom stereocenters. The summed E-state index contributed by atoms with van der Waals surface area (Å²) in [6, 6.07) is -0.477. The Bertz CT molecular complexity index is 103. The van der Waals surface area contributed by atoms with E-state index in [0.29, 0.717) is 0 Å². The fourth-order valence-corrected chi connectivity index (χ4v) is 0.477. The van der Waals surface area contributed by atoms with Crippen LogP contribution in [0.2, 0.25) is 0 Å². The lowest BCUT2D eigenvalue weighted by molar-refractivity contribution is -0.0340. The van der Waals surface area contributed by atoms with Crippen LogP contribution in [0.1, 0.15) is 0 Å². The zero-order valence-corrected chi connectivity index (χ0v) is 4.19. The summed E-state index contributed by atoms with van der Waals surface area (Å²) in [7, 11) is 0. The number of aliphatic imine (C=N–C) groups is 1. The molecule has 4 nitrogen and oxygen atoms in total.